The van der Waals surface area contributed by atoms with E-state index in [-0.39, 0.29) is 5.91 Å². The standard InChI is InChI=1S/C11H20N2O.2C2H6/c1-9-7-11(8-9)13-5-3-12(4-6-13)10(2)14;2*1-2/h9,11H,3-8H2,1-2H3;2*1-2H3. The smallest absolute Gasteiger partial charge is 0.219 e. The van der Waals surface area contributed by atoms with E-state index in [1.165, 1.54) is 12.8 Å². The lowest BCUT2D eigenvalue weighted by Gasteiger charge is -2.45. The number of rotatable bonds is 1. The van der Waals surface area contributed by atoms with Crippen LogP contribution in [-0.2, 0) is 4.79 Å². The molecule has 2 fully saturated rings. The SMILES string of the molecule is CC.CC.CC(=O)N1CCN(C2CC(C)C2)CC1. The lowest BCUT2D eigenvalue weighted by atomic mass is 9.80. The molecule has 0 spiro atoms. The van der Waals surface area contributed by atoms with E-state index in [1.807, 2.05) is 32.6 Å². The van der Waals surface area contributed by atoms with Crippen LogP contribution in [0, 0.1) is 5.92 Å². The average molecular weight is 256 g/mol. The maximum atomic E-state index is 11.1. The first-order valence-corrected chi connectivity index (χ1v) is 7.66. The van der Waals surface area contributed by atoms with Gasteiger partial charge in [-0.15, -0.1) is 0 Å². The molecule has 0 unspecified atom stereocenters. The van der Waals surface area contributed by atoms with Crippen molar-refractivity contribution in [3.05, 3.63) is 0 Å². The summed E-state index contributed by atoms with van der Waals surface area (Å²) in [4.78, 5) is 15.6. The van der Waals surface area contributed by atoms with Crippen molar-refractivity contribution in [3.8, 4) is 0 Å². The first-order chi connectivity index (χ1) is 8.66. The second-order valence-corrected chi connectivity index (χ2v) is 4.77. The summed E-state index contributed by atoms with van der Waals surface area (Å²) in [7, 11) is 0. The van der Waals surface area contributed by atoms with Gasteiger partial charge in [-0.3, -0.25) is 9.69 Å². The normalized spacial score (nSPS) is 27.1. The Bertz CT molecular complexity index is 217. The van der Waals surface area contributed by atoms with Crippen molar-refractivity contribution in [2.45, 2.75) is 60.4 Å². The molecule has 1 amide bonds. The number of hydrogen-bond donors (Lipinski definition) is 0. The quantitative estimate of drug-likeness (QED) is 0.720. The molecule has 0 aromatic rings. The summed E-state index contributed by atoms with van der Waals surface area (Å²) < 4.78 is 0. The minimum Gasteiger partial charge on any atom is -0.340 e. The lowest BCUT2D eigenvalue weighted by molar-refractivity contribution is -0.131. The summed E-state index contributed by atoms with van der Waals surface area (Å²) in [6, 6.07) is 0.819. The number of amides is 1. The Hall–Kier alpha value is -0.570. The molecule has 1 heterocycles. The largest absolute Gasteiger partial charge is 0.340 e. The van der Waals surface area contributed by atoms with Gasteiger partial charge in [0.1, 0.15) is 0 Å². The Labute approximate surface area is 114 Å². The maximum absolute atomic E-state index is 11.1. The van der Waals surface area contributed by atoms with Gasteiger partial charge in [0.2, 0.25) is 5.91 Å². The van der Waals surface area contributed by atoms with Crippen LogP contribution in [0.3, 0.4) is 0 Å². The van der Waals surface area contributed by atoms with E-state index in [1.54, 1.807) is 6.92 Å². The van der Waals surface area contributed by atoms with Gasteiger partial charge < -0.3 is 4.90 Å². The summed E-state index contributed by atoms with van der Waals surface area (Å²) in [5, 5.41) is 0. The molecule has 0 radical (unpaired) electrons. The molecule has 18 heavy (non-hydrogen) atoms. The van der Waals surface area contributed by atoms with Gasteiger partial charge in [-0.2, -0.15) is 0 Å². The lowest BCUT2D eigenvalue weighted by Crippen LogP contribution is -2.54. The topological polar surface area (TPSA) is 23.6 Å². The van der Waals surface area contributed by atoms with Crippen LogP contribution in [0.25, 0.3) is 0 Å². The Morgan fingerprint density at radius 1 is 0.944 bits per heavy atom. The second-order valence-electron chi connectivity index (χ2n) is 4.77. The molecular formula is C15H32N2O. The van der Waals surface area contributed by atoms with E-state index in [4.69, 9.17) is 0 Å². The molecule has 0 bridgehead atoms. The summed E-state index contributed by atoms with van der Waals surface area (Å²) in [6.45, 7) is 16.0. The minimum absolute atomic E-state index is 0.228. The first kappa shape index (κ1) is 17.4. The second kappa shape index (κ2) is 9.37. The number of carbonyl (C=O) groups excluding carboxylic acids is 1. The molecule has 0 N–H and O–H groups in total. The van der Waals surface area contributed by atoms with Gasteiger partial charge in [0.05, 0.1) is 0 Å². The van der Waals surface area contributed by atoms with E-state index in [0.717, 1.165) is 38.1 Å². The fourth-order valence-electron chi connectivity index (χ4n) is 2.56. The molecular weight excluding hydrogens is 224 g/mol. The molecule has 3 nitrogen and oxygen atoms in total. The van der Waals surface area contributed by atoms with E-state index in [2.05, 4.69) is 11.8 Å². The van der Waals surface area contributed by atoms with Crippen LogP contribution < -0.4 is 0 Å². The summed E-state index contributed by atoms with van der Waals surface area (Å²) in [5.74, 6) is 1.15. The van der Waals surface area contributed by atoms with Gasteiger partial charge in [0.25, 0.3) is 0 Å². The molecule has 3 heteroatoms. The Balaban J connectivity index is 0.000000659. The average Bonchev–Trinajstić information content (AvgIpc) is 2.40. The van der Waals surface area contributed by atoms with Crippen molar-refractivity contribution in [3.63, 3.8) is 0 Å². The van der Waals surface area contributed by atoms with Crippen LogP contribution in [0.2, 0.25) is 0 Å². The maximum Gasteiger partial charge on any atom is 0.219 e. The monoisotopic (exact) mass is 256 g/mol. The molecule has 2 aliphatic rings. The molecule has 1 saturated heterocycles. The summed E-state index contributed by atoms with van der Waals surface area (Å²) >= 11 is 0. The number of hydrogen-bond acceptors (Lipinski definition) is 2. The van der Waals surface area contributed by atoms with Crippen LogP contribution in [0.1, 0.15) is 54.4 Å². The van der Waals surface area contributed by atoms with Crippen molar-refractivity contribution < 1.29 is 4.79 Å². The summed E-state index contributed by atoms with van der Waals surface area (Å²) in [6.07, 6.45) is 2.72. The third-order valence-corrected chi connectivity index (χ3v) is 3.62. The van der Waals surface area contributed by atoms with Gasteiger partial charge in [-0.05, 0) is 18.8 Å². The fraction of sp³-hybridized carbons (Fsp3) is 0.933. The predicted molar refractivity (Wildman–Crippen MR) is 78.7 cm³/mol. The zero-order valence-corrected chi connectivity index (χ0v) is 13.2. The molecule has 108 valence electrons. The number of piperazine rings is 1. The van der Waals surface area contributed by atoms with Crippen molar-refractivity contribution in [1.29, 1.82) is 0 Å². The number of nitrogens with zero attached hydrogens (tertiary/aromatic N) is 2. The Morgan fingerprint density at radius 3 is 1.72 bits per heavy atom. The van der Waals surface area contributed by atoms with Crippen molar-refractivity contribution in [1.82, 2.24) is 9.80 Å². The van der Waals surface area contributed by atoms with Crippen LogP contribution in [0.15, 0.2) is 0 Å². The zero-order valence-electron chi connectivity index (χ0n) is 13.2. The highest BCUT2D eigenvalue weighted by Gasteiger charge is 2.32. The van der Waals surface area contributed by atoms with Crippen molar-refractivity contribution >= 4 is 5.91 Å². The van der Waals surface area contributed by atoms with Gasteiger partial charge in [-0.25, -0.2) is 0 Å². The number of carbonyl (C=O) groups is 1. The summed E-state index contributed by atoms with van der Waals surface area (Å²) in [5.41, 5.74) is 0. The highest BCUT2D eigenvalue weighted by Crippen LogP contribution is 2.31. The van der Waals surface area contributed by atoms with Gasteiger partial charge in [-0.1, -0.05) is 34.6 Å². The van der Waals surface area contributed by atoms with E-state index in [0.29, 0.717) is 0 Å². The molecule has 0 atom stereocenters. The van der Waals surface area contributed by atoms with Crippen LogP contribution >= 0.6 is 0 Å². The Morgan fingerprint density at radius 2 is 1.39 bits per heavy atom. The Kier molecular flexibility index (Phi) is 9.08. The first-order valence-electron chi connectivity index (χ1n) is 7.66. The van der Waals surface area contributed by atoms with Crippen molar-refractivity contribution in [2.75, 3.05) is 26.2 Å². The highest BCUT2D eigenvalue weighted by atomic mass is 16.2. The van der Waals surface area contributed by atoms with Crippen LogP contribution in [-0.4, -0.2) is 47.9 Å². The molecule has 2 rings (SSSR count). The molecule has 1 saturated carbocycles. The fourth-order valence-corrected chi connectivity index (χ4v) is 2.56. The molecule has 0 aromatic heterocycles. The molecule has 1 aliphatic heterocycles. The third-order valence-electron chi connectivity index (χ3n) is 3.62. The van der Waals surface area contributed by atoms with E-state index < -0.39 is 0 Å². The van der Waals surface area contributed by atoms with Gasteiger partial charge >= 0.3 is 0 Å². The molecule has 0 aromatic carbocycles. The van der Waals surface area contributed by atoms with Crippen LogP contribution in [0.4, 0.5) is 0 Å². The van der Waals surface area contributed by atoms with Gasteiger partial charge in [0, 0.05) is 39.1 Å². The third kappa shape index (κ3) is 4.97. The van der Waals surface area contributed by atoms with E-state index >= 15 is 0 Å². The van der Waals surface area contributed by atoms with Crippen LogP contribution in [0.5, 0.6) is 0 Å². The van der Waals surface area contributed by atoms with Gasteiger partial charge in [0.15, 0.2) is 0 Å². The van der Waals surface area contributed by atoms with Crippen molar-refractivity contribution in [2.24, 2.45) is 5.92 Å². The highest BCUT2D eigenvalue weighted by molar-refractivity contribution is 5.73. The minimum atomic E-state index is 0.228. The molecule has 1 aliphatic carbocycles. The predicted octanol–water partition coefficient (Wildman–Crippen LogP) is 3.00. The van der Waals surface area contributed by atoms with E-state index in [9.17, 15) is 4.79 Å². The zero-order chi connectivity index (χ0) is 14.1.